The van der Waals surface area contributed by atoms with E-state index in [0.29, 0.717) is 11.3 Å². The number of imide groups is 1. The number of benzene rings is 2. The molecule has 0 radical (unpaired) electrons. The van der Waals surface area contributed by atoms with Crippen molar-refractivity contribution in [1.82, 2.24) is 10.2 Å². The molecule has 0 spiro atoms. The van der Waals surface area contributed by atoms with Gasteiger partial charge in [0.15, 0.2) is 5.11 Å². The van der Waals surface area contributed by atoms with Crippen LogP contribution in [0.1, 0.15) is 27.0 Å². The average molecular weight is 336 g/mol. The summed E-state index contributed by atoms with van der Waals surface area (Å²) in [5, 5.41) is 2.95. The summed E-state index contributed by atoms with van der Waals surface area (Å²) < 4.78 is 0. The topological polar surface area (TPSA) is 49.4 Å². The van der Waals surface area contributed by atoms with Crippen molar-refractivity contribution < 1.29 is 9.59 Å². The van der Waals surface area contributed by atoms with Gasteiger partial charge in [-0.2, -0.15) is 0 Å². The highest BCUT2D eigenvalue weighted by Crippen LogP contribution is 2.20. The van der Waals surface area contributed by atoms with Crippen LogP contribution in [0.3, 0.4) is 0 Å². The lowest BCUT2D eigenvalue weighted by Gasteiger charge is -2.13. The van der Waals surface area contributed by atoms with Gasteiger partial charge in [-0.3, -0.25) is 9.59 Å². The Labute approximate surface area is 145 Å². The number of thiocarbonyl (C=S) groups is 1. The van der Waals surface area contributed by atoms with Crippen LogP contribution in [0.25, 0.3) is 6.08 Å². The van der Waals surface area contributed by atoms with Crippen LogP contribution in [-0.4, -0.2) is 21.8 Å². The number of nitrogens with one attached hydrogen (secondary N) is 1. The molecule has 0 aliphatic carbocycles. The van der Waals surface area contributed by atoms with Crippen LogP contribution < -0.4 is 5.32 Å². The van der Waals surface area contributed by atoms with Gasteiger partial charge in [0.2, 0.25) is 0 Å². The molecule has 0 unspecified atom stereocenters. The molecule has 1 saturated heterocycles. The normalized spacial score (nSPS) is 15.8. The number of rotatable bonds is 2. The fourth-order valence-electron chi connectivity index (χ4n) is 2.56. The van der Waals surface area contributed by atoms with Crippen LogP contribution in [0, 0.1) is 13.8 Å². The van der Waals surface area contributed by atoms with Crippen LogP contribution in [0.2, 0.25) is 0 Å². The van der Waals surface area contributed by atoms with Gasteiger partial charge in [0.1, 0.15) is 5.70 Å². The van der Waals surface area contributed by atoms with Crippen molar-refractivity contribution in [2.75, 3.05) is 0 Å². The molecule has 120 valence electrons. The second kappa shape index (κ2) is 6.37. The predicted molar refractivity (Wildman–Crippen MR) is 97.2 cm³/mol. The van der Waals surface area contributed by atoms with Gasteiger partial charge in [-0.1, -0.05) is 42.5 Å². The van der Waals surface area contributed by atoms with E-state index in [4.69, 9.17) is 12.2 Å². The van der Waals surface area contributed by atoms with Crippen LogP contribution in [0.15, 0.2) is 54.2 Å². The molecule has 5 heteroatoms. The second-order valence-electron chi connectivity index (χ2n) is 5.61. The third-order valence-electron chi connectivity index (χ3n) is 3.95. The minimum atomic E-state index is -0.434. The molecule has 2 aromatic carbocycles. The standard InChI is InChI=1S/C19H16N2O2S/c1-12-7-3-5-9-14(12)11-16-18(23)21(19(24)20-16)17(22)15-10-6-4-8-13(15)2/h3-11H,1-2H3,(H,20,24)/b16-11-. The lowest BCUT2D eigenvalue weighted by Crippen LogP contribution is -2.37. The van der Waals surface area contributed by atoms with E-state index in [0.717, 1.165) is 21.6 Å². The maximum atomic E-state index is 12.7. The average Bonchev–Trinajstić information content (AvgIpc) is 2.83. The zero-order valence-corrected chi connectivity index (χ0v) is 14.2. The van der Waals surface area contributed by atoms with Crippen LogP contribution >= 0.6 is 12.2 Å². The molecule has 2 aromatic rings. The molecule has 1 heterocycles. The van der Waals surface area contributed by atoms with E-state index in [1.54, 1.807) is 18.2 Å². The summed E-state index contributed by atoms with van der Waals surface area (Å²) in [6.45, 7) is 3.79. The quantitative estimate of drug-likeness (QED) is 0.520. The number of amides is 2. The van der Waals surface area contributed by atoms with E-state index in [1.165, 1.54) is 0 Å². The van der Waals surface area contributed by atoms with Crippen molar-refractivity contribution in [2.45, 2.75) is 13.8 Å². The number of hydrogen-bond donors (Lipinski definition) is 1. The van der Waals surface area contributed by atoms with Crippen LogP contribution in [0.5, 0.6) is 0 Å². The van der Waals surface area contributed by atoms with Crippen LogP contribution in [-0.2, 0) is 4.79 Å². The van der Waals surface area contributed by atoms with E-state index in [-0.39, 0.29) is 5.11 Å². The first-order valence-corrected chi connectivity index (χ1v) is 7.92. The largest absolute Gasteiger partial charge is 0.327 e. The molecular weight excluding hydrogens is 320 g/mol. The molecule has 24 heavy (non-hydrogen) atoms. The minimum absolute atomic E-state index is 0.105. The summed E-state index contributed by atoms with van der Waals surface area (Å²) in [7, 11) is 0. The Hall–Kier alpha value is -2.79. The molecule has 2 amide bonds. The number of carbonyl (C=O) groups excluding carboxylic acids is 2. The van der Waals surface area contributed by atoms with Crippen molar-refractivity contribution in [3.05, 3.63) is 76.5 Å². The number of hydrogen-bond acceptors (Lipinski definition) is 3. The second-order valence-corrected chi connectivity index (χ2v) is 5.99. The van der Waals surface area contributed by atoms with Gasteiger partial charge in [-0.15, -0.1) is 0 Å². The molecule has 1 aliphatic rings. The molecule has 0 bridgehead atoms. The molecule has 0 atom stereocenters. The van der Waals surface area contributed by atoms with E-state index >= 15 is 0 Å². The fraction of sp³-hybridized carbons (Fsp3) is 0.105. The van der Waals surface area contributed by atoms with Gasteiger partial charge in [-0.25, -0.2) is 4.90 Å². The van der Waals surface area contributed by atoms with Crippen molar-refractivity contribution >= 4 is 35.2 Å². The third-order valence-corrected chi connectivity index (χ3v) is 4.23. The van der Waals surface area contributed by atoms with Crippen molar-refractivity contribution in [1.29, 1.82) is 0 Å². The summed E-state index contributed by atoms with van der Waals surface area (Å²) in [5.41, 5.74) is 3.51. The Morgan fingerprint density at radius 2 is 1.67 bits per heavy atom. The van der Waals surface area contributed by atoms with Gasteiger partial charge >= 0.3 is 0 Å². The van der Waals surface area contributed by atoms with E-state index < -0.39 is 11.8 Å². The van der Waals surface area contributed by atoms with Gasteiger partial charge < -0.3 is 5.32 Å². The maximum Gasteiger partial charge on any atom is 0.283 e. The highest BCUT2D eigenvalue weighted by molar-refractivity contribution is 7.80. The zero-order chi connectivity index (χ0) is 17.3. The first kappa shape index (κ1) is 16.1. The van der Waals surface area contributed by atoms with Crippen molar-refractivity contribution in [2.24, 2.45) is 0 Å². The lowest BCUT2D eigenvalue weighted by atomic mass is 10.1. The van der Waals surface area contributed by atoms with Gasteiger partial charge in [-0.05, 0) is 54.9 Å². The molecular formula is C19H16N2O2S. The lowest BCUT2D eigenvalue weighted by molar-refractivity contribution is -0.120. The molecule has 0 saturated carbocycles. The summed E-state index contributed by atoms with van der Waals surface area (Å²) in [4.78, 5) is 26.4. The Morgan fingerprint density at radius 3 is 2.33 bits per heavy atom. The Morgan fingerprint density at radius 1 is 1.04 bits per heavy atom. The molecule has 3 rings (SSSR count). The zero-order valence-electron chi connectivity index (χ0n) is 13.4. The number of aryl methyl sites for hydroxylation is 2. The molecule has 1 aliphatic heterocycles. The molecule has 4 nitrogen and oxygen atoms in total. The Bertz CT molecular complexity index is 886. The Kier molecular flexibility index (Phi) is 4.27. The maximum absolute atomic E-state index is 12.7. The predicted octanol–water partition coefficient (Wildman–Crippen LogP) is 3.20. The van der Waals surface area contributed by atoms with Crippen molar-refractivity contribution in [3.63, 3.8) is 0 Å². The molecule has 1 N–H and O–H groups in total. The van der Waals surface area contributed by atoms with E-state index in [1.807, 2.05) is 50.2 Å². The number of nitrogens with zero attached hydrogens (tertiary/aromatic N) is 1. The summed E-state index contributed by atoms with van der Waals surface area (Å²) in [6, 6.07) is 14.8. The third kappa shape index (κ3) is 2.86. The summed E-state index contributed by atoms with van der Waals surface area (Å²) >= 11 is 5.20. The smallest absolute Gasteiger partial charge is 0.283 e. The highest BCUT2D eigenvalue weighted by Gasteiger charge is 2.36. The summed E-state index contributed by atoms with van der Waals surface area (Å²) in [5.74, 6) is -0.847. The van der Waals surface area contributed by atoms with Gasteiger partial charge in [0.25, 0.3) is 11.8 Å². The molecule has 1 fully saturated rings. The number of carbonyl (C=O) groups is 2. The van der Waals surface area contributed by atoms with E-state index in [9.17, 15) is 9.59 Å². The van der Waals surface area contributed by atoms with Gasteiger partial charge in [0.05, 0.1) is 0 Å². The minimum Gasteiger partial charge on any atom is -0.327 e. The van der Waals surface area contributed by atoms with Crippen LogP contribution in [0.4, 0.5) is 0 Å². The summed E-state index contributed by atoms with van der Waals surface area (Å²) in [6.07, 6.45) is 1.72. The first-order valence-electron chi connectivity index (χ1n) is 7.52. The fourth-order valence-corrected chi connectivity index (χ4v) is 2.83. The van der Waals surface area contributed by atoms with E-state index in [2.05, 4.69) is 5.32 Å². The van der Waals surface area contributed by atoms with Gasteiger partial charge in [0, 0.05) is 5.56 Å². The Balaban J connectivity index is 1.94. The molecule has 0 aromatic heterocycles. The monoisotopic (exact) mass is 336 g/mol. The first-order chi connectivity index (χ1) is 11.5. The van der Waals surface area contributed by atoms with Crippen molar-refractivity contribution in [3.8, 4) is 0 Å². The highest BCUT2D eigenvalue weighted by atomic mass is 32.1. The SMILES string of the molecule is Cc1ccccc1/C=C1\NC(=S)N(C(=O)c2ccccc2C)C1=O.